The predicted octanol–water partition coefficient (Wildman–Crippen LogP) is 2.97. The third-order valence-electron chi connectivity index (χ3n) is 5.46. The lowest BCUT2D eigenvalue weighted by atomic mass is 9.41. The molecule has 0 atom stereocenters. The monoisotopic (exact) mass is 194 g/mol. The minimum Gasteiger partial charge on any atom is -0.390 e. The van der Waals surface area contributed by atoms with Gasteiger partial charge in [-0.15, -0.1) is 0 Å². The zero-order valence-corrected chi connectivity index (χ0v) is 9.64. The van der Waals surface area contributed by atoms with Crippen LogP contribution < -0.4 is 0 Å². The molecule has 0 aliphatic heterocycles. The first-order valence-corrected chi connectivity index (χ1v) is 6.06. The van der Waals surface area contributed by atoms with Gasteiger partial charge >= 0.3 is 0 Å². The largest absolute Gasteiger partial charge is 0.390 e. The van der Waals surface area contributed by atoms with Crippen molar-refractivity contribution in [3.8, 4) is 0 Å². The van der Waals surface area contributed by atoms with Crippen molar-refractivity contribution >= 4 is 0 Å². The van der Waals surface area contributed by atoms with Crippen molar-refractivity contribution in [1.29, 1.82) is 0 Å². The van der Waals surface area contributed by atoms with Gasteiger partial charge in [0.1, 0.15) is 0 Å². The number of hydrogen-bond acceptors (Lipinski definition) is 1. The van der Waals surface area contributed by atoms with E-state index < -0.39 is 0 Å². The van der Waals surface area contributed by atoms with E-state index in [2.05, 4.69) is 20.8 Å². The topological polar surface area (TPSA) is 20.2 Å². The quantitative estimate of drug-likeness (QED) is 0.628. The Morgan fingerprint density at radius 2 is 1.21 bits per heavy atom. The molecule has 0 aromatic rings. The van der Waals surface area contributed by atoms with Crippen molar-refractivity contribution in [2.75, 3.05) is 0 Å². The highest BCUT2D eigenvalue weighted by molar-refractivity contribution is 5.12. The first-order valence-electron chi connectivity index (χ1n) is 6.06. The van der Waals surface area contributed by atoms with Crippen molar-refractivity contribution in [3.05, 3.63) is 0 Å². The SMILES string of the molecule is CC12CC3CC(C)(CC(C1)C3(C)O)C2. The van der Waals surface area contributed by atoms with Crippen molar-refractivity contribution in [3.63, 3.8) is 0 Å². The van der Waals surface area contributed by atoms with Crippen LogP contribution in [0, 0.1) is 22.7 Å². The predicted molar refractivity (Wildman–Crippen MR) is 56.9 cm³/mol. The van der Waals surface area contributed by atoms with Crippen LogP contribution in [0.5, 0.6) is 0 Å². The fourth-order valence-electron chi connectivity index (χ4n) is 5.17. The summed E-state index contributed by atoms with van der Waals surface area (Å²) in [6, 6.07) is 0. The first-order chi connectivity index (χ1) is 6.33. The Labute approximate surface area is 86.9 Å². The molecule has 4 rings (SSSR count). The summed E-state index contributed by atoms with van der Waals surface area (Å²) in [5.41, 5.74) is 0.769. The molecule has 4 bridgehead atoms. The molecule has 0 unspecified atom stereocenters. The molecule has 4 aliphatic rings. The maximum atomic E-state index is 10.5. The summed E-state index contributed by atoms with van der Waals surface area (Å²) in [5, 5.41) is 10.5. The lowest BCUT2D eigenvalue weighted by Crippen LogP contribution is -2.61. The molecule has 0 aromatic carbocycles. The molecule has 0 saturated heterocycles. The Morgan fingerprint density at radius 1 is 0.857 bits per heavy atom. The van der Waals surface area contributed by atoms with E-state index in [0.29, 0.717) is 22.7 Å². The lowest BCUT2D eigenvalue weighted by Gasteiger charge is -2.65. The summed E-state index contributed by atoms with van der Waals surface area (Å²) in [5.74, 6) is 1.16. The van der Waals surface area contributed by atoms with Gasteiger partial charge in [0.25, 0.3) is 0 Å². The van der Waals surface area contributed by atoms with Gasteiger partial charge in [0, 0.05) is 0 Å². The Morgan fingerprint density at radius 3 is 1.57 bits per heavy atom. The summed E-state index contributed by atoms with van der Waals surface area (Å²) in [6.07, 6.45) is 6.49. The zero-order valence-electron chi connectivity index (χ0n) is 9.64. The second-order valence-electron chi connectivity index (χ2n) is 7.23. The van der Waals surface area contributed by atoms with E-state index in [9.17, 15) is 5.11 Å². The van der Waals surface area contributed by atoms with Gasteiger partial charge in [-0.1, -0.05) is 13.8 Å². The third kappa shape index (κ3) is 0.997. The molecule has 0 spiro atoms. The van der Waals surface area contributed by atoms with E-state index in [0.717, 1.165) is 0 Å². The van der Waals surface area contributed by atoms with Crippen LogP contribution in [0.1, 0.15) is 52.9 Å². The molecular formula is C13H22O. The van der Waals surface area contributed by atoms with Crippen LogP contribution in [0.2, 0.25) is 0 Å². The van der Waals surface area contributed by atoms with Crippen molar-refractivity contribution < 1.29 is 5.11 Å². The molecule has 14 heavy (non-hydrogen) atoms. The highest BCUT2D eigenvalue weighted by Gasteiger charge is 2.61. The minimum absolute atomic E-state index is 0.348. The van der Waals surface area contributed by atoms with Gasteiger partial charge in [-0.05, 0) is 61.7 Å². The number of rotatable bonds is 0. The standard InChI is InChI=1S/C13H22O/c1-11-4-9-6-12(2,8-11)7-10(5-11)13(9,3)14/h9-10,14H,4-8H2,1-3H3. The van der Waals surface area contributed by atoms with Crippen LogP contribution in [0.3, 0.4) is 0 Å². The van der Waals surface area contributed by atoms with Crippen LogP contribution in [-0.4, -0.2) is 10.7 Å². The third-order valence-corrected chi connectivity index (χ3v) is 5.46. The van der Waals surface area contributed by atoms with Crippen molar-refractivity contribution in [2.24, 2.45) is 22.7 Å². The fourth-order valence-corrected chi connectivity index (χ4v) is 5.17. The molecule has 1 nitrogen and oxygen atoms in total. The smallest absolute Gasteiger partial charge is 0.0676 e. The van der Waals surface area contributed by atoms with Crippen LogP contribution >= 0.6 is 0 Å². The second kappa shape index (κ2) is 2.21. The van der Waals surface area contributed by atoms with Gasteiger partial charge in [0.2, 0.25) is 0 Å². The van der Waals surface area contributed by atoms with Crippen LogP contribution in [-0.2, 0) is 0 Å². The molecule has 4 fully saturated rings. The number of hydrogen-bond donors (Lipinski definition) is 1. The van der Waals surface area contributed by atoms with E-state index >= 15 is 0 Å². The van der Waals surface area contributed by atoms with Gasteiger partial charge in [-0.2, -0.15) is 0 Å². The Kier molecular flexibility index (Phi) is 1.45. The second-order valence-corrected chi connectivity index (χ2v) is 7.23. The van der Waals surface area contributed by atoms with Crippen LogP contribution in [0.4, 0.5) is 0 Å². The lowest BCUT2D eigenvalue weighted by molar-refractivity contribution is -0.213. The molecular weight excluding hydrogens is 172 g/mol. The van der Waals surface area contributed by atoms with Crippen molar-refractivity contribution in [1.82, 2.24) is 0 Å². The molecule has 1 N–H and O–H groups in total. The summed E-state index contributed by atoms with van der Waals surface area (Å²) in [6.45, 7) is 6.98. The minimum atomic E-state index is -0.348. The molecule has 0 heterocycles. The summed E-state index contributed by atoms with van der Waals surface area (Å²) >= 11 is 0. The summed E-state index contributed by atoms with van der Waals surface area (Å²) in [4.78, 5) is 0. The Bertz CT molecular complexity index is 241. The van der Waals surface area contributed by atoms with Crippen LogP contribution in [0.25, 0.3) is 0 Å². The normalized spacial score (nSPS) is 66.0. The molecule has 4 saturated carbocycles. The molecule has 0 aromatic heterocycles. The Hall–Kier alpha value is -0.0400. The maximum absolute atomic E-state index is 10.5. The Balaban J connectivity index is 2.03. The van der Waals surface area contributed by atoms with E-state index in [-0.39, 0.29) is 5.60 Å². The van der Waals surface area contributed by atoms with E-state index in [1.54, 1.807) is 0 Å². The fraction of sp³-hybridized carbons (Fsp3) is 1.00. The maximum Gasteiger partial charge on any atom is 0.0676 e. The zero-order chi connectivity index (χ0) is 10.2. The average Bonchev–Trinajstić information content (AvgIpc) is 1.96. The molecule has 80 valence electrons. The van der Waals surface area contributed by atoms with Gasteiger partial charge in [0.15, 0.2) is 0 Å². The van der Waals surface area contributed by atoms with Gasteiger partial charge in [-0.25, -0.2) is 0 Å². The summed E-state index contributed by atoms with van der Waals surface area (Å²) in [7, 11) is 0. The first kappa shape index (κ1) is 9.21. The average molecular weight is 194 g/mol. The highest BCUT2D eigenvalue weighted by atomic mass is 16.3. The highest BCUT2D eigenvalue weighted by Crippen LogP contribution is 2.67. The molecule has 1 heteroatoms. The molecule has 0 radical (unpaired) electrons. The molecule has 0 amide bonds. The summed E-state index contributed by atoms with van der Waals surface area (Å²) < 4.78 is 0. The van der Waals surface area contributed by atoms with E-state index in [1.165, 1.54) is 32.1 Å². The van der Waals surface area contributed by atoms with Gasteiger partial charge < -0.3 is 5.11 Å². The number of aliphatic hydroxyl groups is 1. The van der Waals surface area contributed by atoms with E-state index in [4.69, 9.17) is 0 Å². The molecule has 4 aliphatic carbocycles. The van der Waals surface area contributed by atoms with E-state index in [1.807, 2.05) is 0 Å². The van der Waals surface area contributed by atoms with Crippen molar-refractivity contribution in [2.45, 2.75) is 58.5 Å². The van der Waals surface area contributed by atoms with Crippen LogP contribution in [0.15, 0.2) is 0 Å². The van der Waals surface area contributed by atoms with Gasteiger partial charge in [0.05, 0.1) is 5.60 Å². The van der Waals surface area contributed by atoms with Gasteiger partial charge in [-0.3, -0.25) is 0 Å².